The predicted molar refractivity (Wildman–Crippen MR) is 74.3 cm³/mol. The van der Waals surface area contributed by atoms with E-state index in [4.69, 9.17) is 10.5 Å². The number of aromatic nitrogens is 4. The number of aryl methyl sites for hydroxylation is 2. The van der Waals surface area contributed by atoms with Crippen LogP contribution in [0.15, 0.2) is 39.7 Å². The maximum absolute atomic E-state index is 13.9. The smallest absolute Gasteiger partial charge is 0.370 e. The molecule has 0 saturated carbocycles. The van der Waals surface area contributed by atoms with E-state index in [0.717, 1.165) is 21.2 Å². The lowest BCUT2D eigenvalue weighted by atomic mass is 10.2. The monoisotopic (exact) mass is 306 g/mol. The number of furan rings is 1. The van der Waals surface area contributed by atoms with Gasteiger partial charge in [-0.3, -0.25) is 0 Å². The van der Waals surface area contributed by atoms with Crippen LogP contribution in [0.3, 0.4) is 0 Å². The van der Waals surface area contributed by atoms with Crippen LogP contribution in [0.4, 0.5) is 4.39 Å². The van der Waals surface area contributed by atoms with Crippen LogP contribution < -0.4 is 10.4 Å². The van der Waals surface area contributed by atoms with Gasteiger partial charge >= 0.3 is 5.69 Å². The first-order valence-electron chi connectivity index (χ1n) is 6.92. The number of ether oxygens (including phenoxy) is 1. The summed E-state index contributed by atoms with van der Waals surface area (Å²) in [6.07, 6.45) is 0.884. The molecule has 114 valence electrons. The lowest BCUT2D eigenvalue weighted by Gasteiger charge is -2.08. The van der Waals surface area contributed by atoms with E-state index in [1.54, 1.807) is 25.1 Å². The minimum atomic E-state index is -0.646. The normalized spacial score (nSPS) is 11.5. The van der Waals surface area contributed by atoms with Crippen molar-refractivity contribution in [3.8, 4) is 11.6 Å². The number of nitrogens with zero attached hydrogens (tertiary/aromatic N) is 4. The molecule has 0 fully saturated rings. The Labute approximate surface area is 125 Å². The van der Waals surface area contributed by atoms with Crippen LogP contribution in [0.2, 0.25) is 0 Å². The van der Waals surface area contributed by atoms with Gasteiger partial charge in [0.25, 0.3) is 0 Å². The van der Waals surface area contributed by atoms with Crippen LogP contribution in [-0.4, -0.2) is 19.8 Å². The number of benzene rings is 1. The Balaban J connectivity index is 1.90. The van der Waals surface area contributed by atoms with Gasteiger partial charge in [0.1, 0.15) is 18.6 Å². The van der Waals surface area contributed by atoms with Crippen molar-refractivity contribution in [2.24, 2.45) is 7.05 Å². The number of tetrazole rings is 1. The number of halogens is 1. The molecule has 3 rings (SSSR count). The molecule has 2 heterocycles. The number of hydrogen-bond donors (Lipinski definition) is 0. The van der Waals surface area contributed by atoms with E-state index in [1.165, 1.54) is 7.05 Å². The van der Waals surface area contributed by atoms with Gasteiger partial charge in [-0.1, -0.05) is 18.2 Å². The number of hydrogen-bond acceptors (Lipinski definition) is 5. The standard InChI is InChI=1S/C14H13FN4O3/c1-9-5-3-4-6-12(9)21-7-10-11(15)8-22-13(10)19-14(20)18(2)16-17-19/h3-6,8H,7H2,1-2H3/i3T. The SMILES string of the molecule is [3H]c1ccc(OCc2c(F)coc2-n2nnn(C)c2=O)c(C)c1. The molecule has 0 unspecified atom stereocenters. The fraction of sp³-hybridized carbons (Fsp3) is 0.214. The molecule has 0 amide bonds. The minimum absolute atomic E-state index is 0.0574. The van der Waals surface area contributed by atoms with Gasteiger partial charge < -0.3 is 9.15 Å². The second kappa shape index (κ2) is 5.47. The van der Waals surface area contributed by atoms with Gasteiger partial charge in [0.15, 0.2) is 5.82 Å². The first-order valence-corrected chi connectivity index (χ1v) is 6.42. The third-order valence-electron chi connectivity index (χ3n) is 3.13. The average Bonchev–Trinajstić information content (AvgIpc) is 3.02. The van der Waals surface area contributed by atoms with Crippen LogP contribution in [0.25, 0.3) is 5.88 Å². The van der Waals surface area contributed by atoms with Crippen LogP contribution in [0.5, 0.6) is 5.75 Å². The van der Waals surface area contributed by atoms with Crippen molar-refractivity contribution < 1.29 is 14.9 Å². The molecular weight excluding hydrogens is 291 g/mol. The van der Waals surface area contributed by atoms with E-state index >= 15 is 0 Å². The number of para-hydroxylation sites is 1. The number of rotatable bonds is 4. The molecule has 0 aliphatic rings. The molecule has 0 bridgehead atoms. The van der Waals surface area contributed by atoms with Crippen LogP contribution >= 0.6 is 0 Å². The summed E-state index contributed by atoms with van der Waals surface area (Å²) in [5.74, 6) is -0.207. The van der Waals surface area contributed by atoms with E-state index in [-0.39, 0.29) is 18.1 Å². The summed E-state index contributed by atoms with van der Waals surface area (Å²) < 4.78 is 34.0. The van der Waals surface area contributed by atoms with Crippen molar-refractivity contribution in [2.45, 2.75) is 13.5 Å². The summed E-state index contributed by atoms with van der Waals surface area (Å²) in [4.78, 5) is 11.9. The molecule has 22 heavy (non-hydrogen) atoms. The Hall–Kier alpha value is -2.90. The van der Waals surface area contributed by atoms with Gasteiger partial charge in [-0.15, -0.1) is 4.68 Å². The van der Waals surface area contributed by atoms with Crippen molar-refractivity contribution in [1.29, 1.82) is 0 Å². The van der Waals surface area contributed by atoms with Crippen molar-refractivity contribution >= 4 is 0 Å². The molecule has 1 aromatic carbocycles. The van der Waals surface area contributed by atoms with E-state index in [1.807, 2.05) is 0 Å². The zero-order valence-electron chi connectivity index (χ0n) is 12.9. The molecule has 0 N–H and O–H groups in total. The molecule has 0 spiro atoms. The third kappa shape index (κ3) is 2.39. The van der Waals surface area contributed by atoms with Gasteiger partial charge in [-0.2, -0.15) is 4.68 Å². The van der Waals surface area contributed by atoms with Gasteiger partial charge in [0.05, 0.1) is 6.93 Å². The van der Waals surface area contributed by atoms with Crippen molar-refractivity contribution in [2.75, 3.05) is 0 Å². The highest BCUT2D eigenvalue weighted by atomic mass is 19.1. The van der Waals surface area contributed by atoms with Crippen molar-refractivity contribution in [3.05, 3.63) is 57.9 Å². The fourth-order valence-electron chi connectivity index (χ4n) is 1.91. The molecule has 0 atom stereocenters. The maximum atomic E-state index is 13.9. The first kappa shape index (κ1) is 12.8. The molecule has 0 radical (unpaired) electrons. The lowest BCUT2D eigenvalue weighted by molar-refractivity contribution is 0.296. The quantitative estimate of drug-likeness (QED) is 0.731. The van der Waals surface area contributed by atoms with Crippen LogP contribution in [0.1, 0.15) is 12.5 Å². The van der Waals surface area contributed by atoms with Crippen molar-refractivity contribution in [3.63, 3.8) is 0 Å². The van der Waals surface area contributed by atoms with Crippen molar-refractivity contribution in [1.82, 2.24) is 19.8 Å². The highest BCUT2D eigenvalue weighted by Crippen LogP contribution is 2.22. The topological polar surface area (TPSA) is 75.1 Å². The summed E-state index contributed by atoms with van der Waals surface area (Å²) in [5.41, 5.74) is 0.247. The molecular formula is C14H13FN4O3. The molecule has 3 aromatic rings. The first-order chi connectivity index (χ1) is 11.0. The zero-order valence-corrected chi connectivity index (χ0v) is 11.9. The largest absolute Gasteiger partial charge is 0.488 e. The second-order valence-corrected chi connectivity index (χ2v) is 4.64. The van der Waals surface area contributed by atoms with Gasteiger partial charge in [0.2, 0.25) is 5.88 Å². The highest BCUT2D eigenvalue weighted by Gasteiger charge is 2.20. The Morgan fingerprint density at radius 1 is 1.45 bits per heavy atom. The maximum Gasteiger partial charge on any atom is 0.370 e. The molecule has 2 aromatic heterocycles. The molecule has 7 nitrogen and oxygen atoms in total. The Bertz CT molecular complexity index is 915. The average molecular weight is 306 g/mol. The Morgan fingerprint density at radius 2 is 2.27 bits per heavy atom. The molecule has 8 heteroatoms. The summed E-state index contributed by atoms with van der Waals surface area (Å²) in [6.45, 7) is 1.63. The summed E-state index contributed by atoms with van der Waals surface area (Å²) in [6, 6.07) is 5.19. The lowest BCUT2D eigenvalue weighted by Crippen LogP contribution is -2.22. The summed E-state index contributed by atoms with van der Waals surface area (Å²) in [7, 11) is 1.42. The van der Waals surface area contributed by atoms with Crippen LogP contribution in [-0.2, 0) is 13.7 Å². The Kier molecular flexibility index (Phi) is 3.19. The highest BCUT2D eigenvalue weighted by molar-refractivity contribution is 5.34. The zero-order chi connectivity index (χ0) is 16.6. The van der Waals surface area contributed by atoms with Gasteiger partial charge in [-0.05, 0) is 29.0 Å². The third-order valence-corrected chi connectivity index (χ3v) is 3.13. The van der Waals surface area contributed by atoms with Gasteiger partial charge in [0, 0.05) is 7.05 Å². The summed E-state index contributed by atoms with van der Waals surface area (Å²) >= 11 is 0. The van der Waals surface area contributed by atoms with Crippen LogP contribution in [0, 0.1) is 12.7 Å². The molecule has 0 aliphatic heterocycles. The predicted octanol–water partition coefficient (Wildman–Crippen LogP) is 1.59. The van der Waals surface area contributed by atoms with E-state index in [2.05, 4.69) is 10.4 Å². The van der Waals surface area contributed by atoms with E-state index < -0.39 is 11.5 Å². The molecule has 0 aliphatic carbocycles. The fourth-order valence-corrected chi connectivity index (χ4v) is 1.91. The second-order valence-electron chi connectivity index (χ2n) is 4.64. The Morgan fingerprint density at radius 3 is 2.95 bits per heavy atom. The van der Waals surface area contributed by atoms with E-state index in [9.17, 15) is 9.18 Å². The minimum Gasteiger partial charge on any atom is -0.488 e. The molecule has 0 saturated heterocycles. The summed E-state index contributed by atoms with van der Waals surface area (Å²) in [5, 5.41) is 7.18. The van der Waals surface area contributed by atoms with E-state index in [0.29, 0.717) is 11.8 Å². The van der Waals surface area contributed by atoms with Gasteiger partial charge in [-0.25, -0.2) is 9.18 Å².